The van der Waals surface area contributed by atoms with Crippen molar-refractivity contribution in [1.29, 1.82) is 0 Å². The number of carbonyl (C=O) groups is 1. The van der Waals surface area contributed by atoms with Crippen LogP contribution in [0.15, 0.2) is 0 Å². The molecule has 1 amide bonds. The third-order valence-corrected chi connectivity index (χ3v) is 2.57. The molecule has 0 bridgehead atoms. The summed E-state index contributed by atoms with van der Waals surface area (Å²) in [4.78, 5) is 13.5. The number of carbonyl (C=O) groups excluding carboxylic acids is 1. The summed E-state index contributed by atoms with van der Waals surface area (Å²) in [5.74, 6) is 0.0489. The van der Waals surface area contributed by atoms with Crippen molar-refractivity contribution in [3.63, 3.8) is 0 Å². The zero-order valence-electron chi connectivity index (χ0n) is 12.2. The molecule has 0 spiro atoms. The van der Waals surface area contributed by atoms with Crippen LogP contribution in [-0.4, -0.2) is 57.0 Å². The van der Waals surface area contributed by atoms with Crippen LogP contribution in [0.4, 0.5) is 0 Å². The molecule has 0 aromatic rings. The van der Waals surface area contributed by atoms with Crippen molar-refractivity contribution in [1.82, 2.24) is 10.2 Å². The first-order chi connectivity index (χ1) is 8.67. The van der Waals surface area contributed by atoms with E-state index in [9.17, 15) is 4.79 Å². The summed E-state index contributed by atoms with van der Waals surface area (Å²) in [6, 6.07) is 0. The van der Waals surface area contributed by atoms with E-state index in [0.29, 0.717) is 19.8 Å². The second-order valence-corrected chi connectivity index (χ2v) is 4.08. The summed E-state index contributed by atoms with van der Waals surface area (Å²) in [6.45, 7) is 9.49. The van der Waals surface area contributed by atoms with E-state index < -0.39 is 0 Å². The van der Waals surface area contributed by atoms with Gasteiger partial charge >= 0.3 is 0 Å². The van der Waals surface area contributed by atoms with Gasteiger partial charge in [0.15, 0.2) is 6.29 Å². The first-order valence-electron chi connectivity index (χ1n) is 6.83. The lowest BCUT2D eigenvalue weighted by atomic mass is 10.3. The number of likely N-dealkylation sites (N-methyl/N-ethyl adjacent to an activating group) is 1. The first-order valence-corrected chi connectivity index (χ1v) is 6.83. The van der Waals surface area contributed by atoms with E-state index in [1.54, 1.807) is 7.05 Å². The highest BCUT2D eigenvalue weighted by atomic mass is 16.7. The predicted molar refractivity (Wildman–Crippen MR) is 72.5 cm³/mol. The van der Waals surface area contributed by atoms with Crippen molar-refractivity contribution in [2.75, 3.05) is 39.9 Å². The maximum atomic E-state index is 11.4. The minimum atomic E-state index is -0.163. The summed E-state index contributed by atoms with van der Waals surface area (Å²) < 4.78 is 11.0. The van der Waals surface area contributed by atoms with Crippen LogP contribution in [0.2, 0.25) is 0 Å². The molecule has 0 aliphatic carbocycles. The van der Waals surface area contributed by atoms with E-state index in [4.69, 9.17) is 9.47 Å². The highest BCUT2D eigenvalue weighted by Crippen LogP contribution is 2.04. The molecule has 0 rings (SSSR count). The number of nitrogens with zero attached hydrogens (tertiary/aromatic N) is 1. The fourth-order valence-corrected chi connectivity index (χ4v) is 1.74. The SMILES string of the molecule is CCCN(CCC(OCC)OCC)CC(=O)NC. The molecule has 0 aliphatic rings. The number of hydrogen-bond donors (Lipinski definition) is 1. The number of ether oxygens (including phenoxy) is 2. The third-order valence-electron chi connectivity index (χ3n) is 2.57. The third kappa shape index (κ3) is 8.44. The van der Waals surface area contributed by atoms with Gasteiger partial charge in [-0.05, 0) is 26.8 Å². The Morgan fingerprint density at radius 2 is 1.78 bits per heavy atom. The first kappa shape index (κ1) is 17.4. The zero-order valence-corrected chi connectivity index (χ0v) is 12.2. The van der Waals surface area contributed by atoms with Gasteiger partial charge in [0.2, 0.25) is 5.91 Å². The molecular formula is C13H28N2O3. The minimum absolute atomic E-state index is 0.0489. The van der Waals surface area contributed by atoms with Gasteiger partial charge in [0.1, 0.15) is 0 Å². The van der Waals surface area contributed by atoms with E-state index in [1.807, 2.05) is 13.8 Å². The Morgan fingerprint density at radius 1 is 1.17 bits per heavy atom. The lowest BCUT2D eigenvalue weighted by Gasteiger charge is -2.24. The molecule has 0 aromatic carbocycles. The van der Waals surface area contributed by atoms with Gasteiger partial charge in [0.25, 0.3) is 0 Å². The highest BCUT2D eigenvalue weighted by Gasteiger charge is 2.13. The largest absolute Gasteiger partial charge is 0.358 e. The molecule has 0 unspecified atom stereocenters. The molecule has 0 radical (unpaired) electrons. The van der Waals surface area contributed by atoms with Gasteiger partial charge in [-0.3, -0.25) is 9.69 Å². The molecule has 0 heterocycles. The maximum Gasteiger partial charge on any atom is 0.233 e. The lowest BCUT2D eigenvalue weighted by molar-refractivity contribution is -0.142. The molecule has 0 aromatic heterocycles. The highest BCUT2D eigenvalue weighted by molar-refractivity contribution is 5.77. The fourth-order valence-electron chi connectivity index (χ4n) is 1.74. The Balaban J connectivity index is 4.08. The van der Waals surface area contributed by atoms with Crippen molar-refractivity contribution < 1.29 is 14.3 Å². The molecule has 18 heavy (non-hydrogen) atoms. The van der Waals surface area contributed by atoms with E-state index in [0.717, 1.165) is 25.9 Å². The van der Waals surface area contributed by atoms with Crippen molar-refractivity contribution in [3.8, 4) is 0 Å². The van der Waals surface area contributed by atoms with Crippen LogP contribution in [0.5, 0.6) is 0 Å². The normalized spacial score (nSPS) is 11.2. The average Bonchev–Trinajstić information content (AvgIpc) is 2.36. The Bertz CT molecular complexity index is 206. The molecule has 1 N–H and O–H groups in total. The molecule has 0 saturated carbocycles. The van der Waals surface area contributed by atoms with Gasteiger partial charge in [-0.15, -0.1) is 0 Å². The molecule has 0 saturated heterocycles. The van der Waals surface area contributed by atoms with Gasteiger partial charge in [-0.25, -0.2) is 0 Å². The van der Waals surface area contributed by atoms with Gasteiger partial charge in [0.05, 0.1) is 6.54 Å². The maximum absolute atomic E-state index is 11.4. The number of amides is 1. The Labute approximate surface area is 111 Å². The molecule has 0 atom stereocenters. The average molecular weight is 260 g/mol. The second kappa shape index (κ2) is 11.4. The van der Waals surface area contributed by atoms with E-state index in [1.165, 1.54) is 0 Å². The lowest BCUT2D eigenvalue weighted by Crippen LogP contribution is -2.38. The van der Waals surface area contributed by atoms with Crippen LogP contribution in [0.25, 0.3) is 0 Å². The zero-order chi connectivity index (χ0) is 13.8. The fraction of sp³-hybridized carbons (Fsp3) is 0.923. The van der Waals surface area contributed by atoms with Crippen LogP contribution in [-0.2, 0) is 14.3 Å². The number of rotatable bonds is 11. The second-order valence-electron chi connectivity index (χ2n) is 4.08. The summed E-state index contributed by atoms with van der Waals surface area (Å²) in [6.07, 6.45) is 1.66. The molecule has 5 nitrogen and oxygen atoms in total. The summed E-state index contributed by atoms with van der Waals surface area (Å²) in [5.41, 5.74) is 0. The molecular weight excluding hydrogens is 232 g/mol. The summed E-state index contributed by atoms with van der Waals surface area (Å²) in [7, 11) is 1.66. The standard InChI is InChI=1S/C13H28N2O3/c1-5-9-15(11-12(16)14-4)10-8-13(17-6-2)18-7-3/h13H,5-11H2,1-4H3,(H,14,16). The smallest absolute Gasteiger partial charge is 0.233 e. The number of hydrogen-bond acceptors (Lipinski definition) is 4. The number of nitrogens with one attached hydrogen (secondary N) is 1. The minimum Gasteiger partial charge on any atom is -0.358 e. The molecule has 0 fully saturated rings. The van der Waals surface area contributed by atoms with Crippen molar-refractivity contribution in [2.45, 2.75) is 39.9 Å². The Hall–Kier alpha value is -0.650. The van der Waals surface area contributed by atoms with Crippen molar-refractivity contribution >= 4 is 5.91 Å². The predicted octanol–water partition coefficient (Wildman–Crippen LogP) is 1.23. The van der Waals surface area contributed by atoms with Gasteiger partial charge in [0, 0.05) is 33.2 Å². The van der Waals surface area contributed by atoms with Gasteiger partial charge in [-0.2, -0.15) is 0 Å². The van der Waals surface area contributed by atoms with Gasteiger partial charge < -0.3 is 14.8 Å². The molecule has 0 aliphatic heterocycles. The summed E-state index contributed by atoms with van der Waals surface area (Å²) in [5, 5.41) is 2.65. The quantitative estimate of drug-likeness (QED) is 0.568. The monoisotopic (exact) mass is 260 g/mol. The van der Waals surface area contributed by atoms with Crippen molar-refractivity contribution in [2.24, 2.45) is 0 Å². The van der Waals surface area contributed by atoms with Crippen LogP contribution < -0.4 is 5.32 Å². The van der Waals surface area contributed by atoms with Crippen LogP contribution in [0.3, 0.4) is 0 Å². The molecule has 108 valence electrons. The topological polar surface area (TPSA) is 50.8 Å². The van der Waals surface area contributed by atoms with Crippen molar-refractivity contribution in [3.05, 3.63) is 0 Å². The van der Waals surface area contributed by atoms with E-state index >= 15 is 0 Å². The van der Waals surface area contributed by atoms with Crippen LogP contribution in [0, 0.1) is 0 Å². The van der Waals surface area contributed by atoms with Crippen LogP contribution >= 0.6 is 0 Å². The van der Waals surface area contributed by atoms with E-state index in [2.05, 4.69) is 17.1 Å². The summed E-state index contributed by atoms with van der Waals surface area (Å²) >= 11 is 0. The van der Waals surface area contributed by atoms with E-state index in [-0.39, 0.29) is 12.2 Å². The Kier molecular flexibility index (Phi) is 11.0. The van der Waals surface area contributed by atoms with Crippen LogP contribution in [0.1, 0.15) is 33.6 Å². The van der Waals surface area contributed by atoms with Gasteiger partial charge in [-0.1, -0.05) is 6.92 Å². The Morgan fingerprint density at radius 3 is 2.22 bits per heavy atom. The molecule has 5 heteroatoms.